The van der Waals surface area contributed by atoms with Gasteiger partial charge < -0.3 is 0 Å². The van der Waals surface area contributed by atoms with Gasteiger partial charge in [-0.3, -0.25) is 9.59 Å². The SMILES string of the molecule is CC.CC(=O)C(c1ccccc1)C(C)C.CC(=O)Cc1cc(C)ccc1C. The number of ketones is 2. The Hall–Kier alpha value is -2.22. The summed E-state index contributed by atoms with van der Waals surface area (Å²) >= 11 is 0. The normalized spacial score (nSPS) is 10.9. The number of hydrogen-bond acceptors (Lipinski definition) is 2. The Labute approximate surface area is 166 Å². The fourth-order valence-electron chi connectivity index (χ4n) is 3.01. The van der Waals surface area contributed by atoms with Crippen LogP contribution in [0.15, 0.2) is 48.5 Å². The summed E-state index contributed by atoms with van der Waals surface area (Å²) in [6.45, 7) is 15.5. The quantitative estimate of drug-likeness (QED) is 0.605. The van der Waals surface area contributed by atoms with Crippen LogP contribution in [0, 0.1) is 19.8 Å². The second-order valence-corrected chi connectivity index (χ2v) is 7.05. The molecule has 2 aromatic rings. The van der Waals surface area contributed by atoms with Crippen LogP contribution in [0.25, 0.3) is 0 Å². The van der Waals surface area contributed by atoms with Crippen molar-refractivity contribution in [2.45, 2.75) is 67.7 Å². The van der Waals surface area contributed by atoms with Gasteiger partial charge in [0.2, 0.25) is 0 Å². The van der Waals surface area contributed by atoms with Crippen LogP contribution >= 0.6 is 0 Å². The van der Waals surface area contributed by atoms with Crippen molar-refractivity contribution in [2.75, 3.05) is 0 Å². The molecule has 0 spiro atoms. The highest BCUT2D eigenvalue weighted by Gasteiger charge is 2.19. The molecule has 0 radical (unpaired) electrons. The van der Waals surface area contributed by atoms with Crippen LogP contribution in [0.3, 0.4) is 0 Å². The first-order valence-corrected chi connectivity index (χ1v) is 9.83. The molecule has 0 N–H and O–H groups in total. The molecule has 2 heteroatoms. The van der Waals surface area contributed by atoms with Crippen molar-refractivity contribution in [3.8, 4) is 0 Å². The van der Waals surface area contributed by atoms with Crippen molar-refractivity contribution < 1.29 is 9.59 Å². The van der Waals surface area contributed by atoms with Gasteiger partial charge in [0.15, 0.2) is 0 Å². The minimum Gasteiger partial charge on any atom is -0.300 e. The third kappa shape index (κ3) is 9.33. The van der Waals surface area contributed by atoms with E-state index in [4.69, 9.17) is 0 Å². The van der Waals surface area contributed by atoms with E-state index in [9.17, 15) is 9.59 Å². The molecule has 0 aliphatic rings. The van der Waals surface area contributed by atoms with Crippen LogP contribution in [-0.4, -0.2) is 11.6 Å². The smallest absolute Gasteiger partial charge is 0.137 e. The number of rotatable bonds is 5. The topological polar surface area (TPSA) is 34.1 Å². The zero-order valence-electron chi connectivity index (χ0n) is 18.3. The highest BCUT2D eigenvalue weighted by molar-refractivity contribution is 5.83. The molecule has 0 aromatic heterocycles. The molecular weight excluding hydrogens is 332 g/mol. The summed E-state index contributed by atoms with van der Waals surface area (Å²) in [5.74, 6) is 0.908. The van der Waals surface area contributed by atoms with Crippen LogP contribution in [0.2, 0.25) is 0 Å². The number of carbonyl (C=O) groups excluding carboxylic acids is 2. The van der Waals surface area contributed by atoms with E-state index in [0.717, 1.165) is 11.1 Å². The monoisotopic (exact) mass is 368 g/mol. The molecule has 0 heterocycles. The molecule has 0 bridgehead atoms. The number of aryl methyl sites for hydroxylation is 2. The van der Waals surface area contributed by atoms with Gasteiger partial charge in [-0.2, -0.15) is 0 Å². The van der Waals surface area contributed by atoms with Crippen LogP contribution in [-0.2, 0) is 16.0 Å². The zero-order chi connectivity index (χ0) is 21.0. The van der Waals surface area contributed by atoms with E-state index in [2.05, 4.69) is 32.0 Å². The lowest BCUT2D eigenvalue weighted by Crippen LogP contribution is -2.14. The molecule has 1 unspecified atom stereocenters. The summed E-state index contributed by atoms with van der Waals surface area (Å²) in [7, 11) is 0. The molecule has 2 nitrogen and oxygen atoms in total. The van der Waals surface area contributed by atoms with Crippen molar-refractivity contribution in [3.63, 3.8) is 0 Å². The lowest BCUT2D eigenvalue weighted by atomic mass is 9.86. The van der Waals surface area contributed by atoms with Crippen LogP contribution < -0.4 is 0 Å². The van der Waals surface area contributed by atoms with Gasteiger partial charge in [-0.15, -0.1) is 0 Å². The van der Waals surface area contributed by atoms with Crippen molar-refractivity contribution >= 4 is 11.6 Å². The summed E-state index contributed by atoms with van der Waals surface area (Å²) < 4.78 is 0. The second-order valence-electron chi connectivity index (χ2n) is 7.05. The molecule has 1 atom stereocenters. The number of Topliss-reactive ketones (excluding diaryl/α,β-unsaturated/α-hetero) is 2. The van der Waals surface area contributed by atoms with Gasteiger partial charge in [-0.25, -0.2) is 0 Å². The number of benzene rings is 2. The van der Waals surface area contributed by atoms with E-state index in [0.29, 0.717) is 12.3 Å². The summed E-state index contributed by atoms with van der Waals surface area (Å²) in [6, 6.07) is 16.2. The maximum atomic E-state index is 11.4. The molecule has 0 saturated heterocycles. The van der Waals surface area contributed by atoms with E-state index in [1.807, 2.05) is 58.0 Å². The fourth-order valence-corrected chi connectivity index (χ4v) is 3.01. The van der Waals surface area contributed by atoms with Gasteiger partial charge in [0.05, 0.1) is 0 Å². The van der Waals surface area contributed by atoms with Gasteiger partial charge in [-0.1, -0.05) is 81.8 Å². The van der Waals surface area contributed by atoms with E-state index in [1.165, 1.54) is 11.1 Å². The third-order valence-corrected chi connectivity index (χ3v) is 4.21. The van der Waals surface area contributed by atoms with Gasteiger partial charge in [0, 0.05) is 12.3 Å². The van der Waals surface area contributed by atoms with E-state index >= 15 is 0 Å². The number of hydrogen-bond donors (Lipinski definition) is 0. The van der Waals surface area contributed by atoms with Crippen molar-refractivity contribution in [3.05, 3.63) is 70.8 Å². The molecule has 0 aliphatic carbocycles. The van der Waals surface area contributed by atoms with Gasteiger partial charge in [-0.05, 0) is 50.3 Å². The Balaban J connectivity index is 0.000000460. The third-order valence-electron chi connectivity index (χ3n) is 4.21. The van der Waals surface area contributed by atoms with E-state index in [-0.39, 0.29) is 17.5 Å². The Bertz CT molecular complexity index is 700. The summed E-state index contributed by atoms with van der Waals surface area (Å²) in [6.07, 6.45) is 0.563. The summed E-state index contributed by atoms with van der Waals surface area (Å²) in [4.78, 5) is 22.3. The summed E-state index contributed by atoms with van der Waals surface area (Å²) in [5.41, 5.74) is 4.71. The van der Waals surface area contributed by atoms with Crippen LogP contribution in [0.5, 0.6) is 0 Å². The Morgan fingerprint density at radius 2 is 1.44 bits per heavy atom. The lowest BCUT2D eigenvalue weighted by molar-refractivity contribution is -0.119. The first-order chi connectivity index (χ1) is 12.7. The predicted molar refractivity (Wildman–Crippen MR) is 116 cm³/mol. The van der Waals surface area contributed by atoms with E-state index in [1.54, 1.807) is 13.8 Å². The molecule has 148 valence electrons. The minimum atomic E-state index is 0.0567. The van der Waals surface area contributed by atoms with Gasteiger partial charge in [0.1, 0.15) is 11.6 Å². The Morgan fingerprint density at radius 1 is 0.889 bits per heavy atom. The van der Waals surface area contributed by atoms with Gasteiger partial charge in [0.25, 0.3) is 0 Å². The molecule has 27 heavy (non-hydrogen) atoms. The highest BCUT2D eigenvalue weighted by atomic mass is 16.1. The molecule has 0 amide bonds. The molecule has 2 rings (SSSR count). The second kappa shape index (κ2) is 13.0. The maximum absolute atomic E-state index is 11.4. The van der Waals surface area contributed by atoms with Crippen LogP contribution in [0.1, 0.15) is 69.7 Å². The fraction of sp³-hybridized carbons (Fsp3) is 0.440. The van der Waals surface area contributed by atoms with Crippen LogP contribution in [0.4, 0.5) is 0 Å². The average molecular weight is 369 g/mol. The first kappa shape index (κ1) is 24.8. The molecule has 0 aliphatic heterocycles. The molecule has 0 fully saturated rings. The molecule has 0 saturated carbocycles. The highest BCUT2D eigenvalue weighted by Crippen LogP contribution is 2.24. The van der Waals surface area contributed by atoms with Crippen molar-refractivity contribution in [1.82, 2.24) is 0 Å². The largest absolute Gasteiger partial charge is 0.300 e. The predicted octanol–water partition coefficient (Wildman–Crippen LogP) is 6.48. The Kier molecular flexibility index (Phi) is 12.0. The van der Waals surface area contributed by atoms with Gasteiger partial charge >= 0.3 is 0 Å². The molecular formula is C25H36O2. The molecule has 2 aromatic carbocycles. The lowest BCUT2D eigenvalue weighted by Gasteiger charge is -2.17. The zero-order valence-corrected chi connectivity index (χ0v) is 18.3. The van der Waals surface area contributed by atoms with E-state index < -0.39 is 0 Å². The summed E-state index contributed by atoms with van der Waals surface area (Å²) in [5, 5.41) is 0. The first-order valence-electron chi connectivity index (χ1n) is 9.83. The van der Waals surface area contributed by atoms with Crippen molar-refractivity contribution in [1.29, 1.82) is 0 Å². The standard InChI is InChI=1S/C12H16O.C11H14O.C2H6/c1-9(2)12(10(3)13)11-7-5-4-6-8-11;1-8-4-5-9(2)11(6-8)7-10(3)12;1-2/h4-9,12H,1-3H3;4-6H,7H2,1-3H3;1-2H3. The maximum Gasteiger partial charge on any atom is 0.137 e. The minimum absolute atomic E-state index is 0.0567. The average Bonchev–Trinajstić information content (AvgIpc) is 2.60. The van der Waals surface area contributed by atoms with Crippen molar-refractivity contribution in [2.24, 2.45) is 5.92 Å². The number of carbonyl (C=O) groups is 2. The Morgan fingerprint density at radius 3 is 1.89 bits per heavy atom.